The molecule has 2 atom stereocenters. The standard InChI is InChI=1S/C21H16F4N4O3/c22-12-3-1-11(2-4-12)15-8-18(21(23,24)25)29-19(28-15)14(9-26-29)20(30)27-13-5-6-16-17(7-13)32-10-31-16/h1-7,9,15,18,28H,8,10H2,(H,27,30). The summed E-state index contributed by atoms with van der Waals surface area (Å²) in [5.74, 6) is -0.218. The lowest BCUT2D eigenvalue weighted by Gasteiger charge is -2.34. The molecule has 0 saturated carbocycles. The van der Waals surface area contributed by atoms with E-state index < -0.39 is 30.0 Å². The number of nitrogens with one attached hydrogen (secondary N) is 2. The zero-order valence-corrected chi connectivity index (χ0v) is 16.3. The van der Waals surface area contributed by atoms with Crippen LogP contribution in [0.3, 0.4) is 0 Å². The fraction of sp³-hybridized carbons (Fsp3) is 0.238. The minimum atomic E-state index is -4.59. The number of halogens is 4. The number of fused-ring (bicyclic) bond motifs is 2. The van der Waals surface area contributed by atoms with Gasteiger partial charge in [-0.05, 0) is 29.8 Å². The fourth-order valence-electron chi connectivity index (χ4n) is 3.82. The molecule has 2 aromatic carbocycles. The van der Waals surface area contributed by atoms with Crippen LogP contribution in [0.25, 0.3) is 0 Å². The molecule has 1 amide bonds. The quantitative estimate of drug-likeness (QED) is 0.570. The van der Waals surface area contributed by atoms with E-state index in [0.29, 0.717) is 22.7 Å². The molecule has 2 N–H and O–H groups in total. The van der Waals surface area contributed by atoms with Crippen molar-refractivity contribution in [1.29, 1.82) is 0 Å². The molecule has 11 heteroatoms. The molecular weight excluding hydrogens is 432 g/mol. The Morgan fingerprint density at radius 1 is 1.12 bits per heavy atom. The van der Waals surface area contributed by atoms with E-state index in [4.69, 9.17) is 9.47 Å². The first-order valence-electron chi connectivity index (χ1n) is 9.67. The van der Waals surface area contributed by atoms with Crippen molar-refractivity contribution in [2.24, 2.45) is 0 Å². The molecular formula is C21H16F4N4O3. The fourth-order valence-corrected chi connectivity index (χ4v) is 3.82. The largest absolute Gasteiger partial charge is 0.454 e. The zero-order valence-electron chi connectivity index (χ0n) is 16.3. The molecule has 166 valence electrons. The van der Waals surface area contributed by atoms with Crippen molar-refractivity contribution in [2.45, 2.75) is 24.7 Å². The molecule has 2 aliphatic rings. The molecule has 0 aliphatic carbocycles. The highest BCUT2D eigenvalue weighted by atomic mass is 19.4. The highest BCUT2D eigenvalue weighted by Crippen LogP contribution is 2.44. The third-order valence-corrected chi connectivity index (χ3v) is 5.39. The van der Waals surface area contributed by atoms with Gasteiger partial charge in [0.2, 0.25) is 6.79 Å². The van der Waals surface area contributed by atoms with E-state index in [1.165, 1.54) is 24.3 Å². The monoisotopic (exact) mass is 448 g/mol. The number of carbonyl (C=O) groups is 1. The molecule has 7 nitrogen and oxygen atoms in total. The van der Waals surface area contributed by atoms with Gasteiger partial charge in [-0.3, -0.25) is 4.79 Å². The Bertz CT molecular complexity index is 1180. The van der Waals surface area contributed by atoms with Crippen molar-refractivity contribution in [1.82, 2.24) is 9.78 Å². The summed E-state index contributed by atoms with van der Waals surface area (Å²) in [6, 6.07) is 7.23. The smallest absolute Gasteiger partial charge is 0.410 e. The summed E-state index contributed by atoms with van der Waals surface area (Å²) in [5, 5.41) is 9.44. The number of rotatable bonds is 3. The molecule has 0 saturated heterocycles. The predicted octanol–water partition coefficient (Wildman–Crippen LogP) is 4.66. The average Bonchev–Trinajstić information content (AvgIpc) is 3.39. The predicted molar refractivity (Wildman–Crippen MR) is 105 cm³/mol. The van der Waals surface area contributed by atoms with Gasteiger partial charge in [-0.25, -0.2) is 9.07 Å². The van der Waals surface area contributed by atoms with E-state index in [9.17, 15) is 22.4 Å². The molecule has 2 unspecified atom stereocenters. The maximum Gasteiger partial charge on any atom is 0.410 e. The molecule has 2 aliphatic heterocycles. The maximum absolute atomic E-state index is 13.8. The summed E-state index contributed by atoms with van der Waals surface area (Å²) < 4.78 is 65.9. The van der Waals surface area contributed by atoms with Crippen LogP contribution < -0.4 is 20.1 Å². The first kappa shape index (κ1) is 20.2. The van der Waals surface area contributed by atoms with Crippen LogP contribution in [0.1, 0.15) is 34.4 Å². The van der Waals surface area contributed by atoms with Crippen molar-refractivity contribution in [3.63, 3.8) is 0 Å². The second-order valence-corrected chi connectivity index (χ2v) is 7.42. The third kappa shape index (κ3) is 3.59. The summed E-state index contributed by atoms with van der Waals surface area (Å²) >= 11 is 0. The Kier molecular flexibility index (Phi) is 4.68. The lowest BCUT2D eigenvalue weighted by molar-refractivity contribution is -0.173. The van der Waals surface area contributed by atoms with Crippen LogP contribution in [0.15, 0.2) is 48.7 Å². The molecule has 0 radical (unpaired) electrons. The lowest BCUT2D eigenvalue weighted by Crippen LogP contribution is -2.36. The van der Waals surface area contributed by atoms with Crippen LogP contribution in [-0.2, 0) is 0 Å². The third-order valence-electron chi connectivity index (χ3n) is 5.39. The molecule has 5 rings (SSSR count). The number of nitrogens with zero attached hydrogens (tertiary/aromatic N) is 2. The van der Waals surface area contributed by atoms with Gasteiger partial charge in [-0.1, -0.05) is 12.1 Å². The van der Waals surface area contributed by atoms with Crippen LogP contribution in [0.4, 0.5) is 29.1 Å². The van der Waals surface area contributed by atoms with Crippen LogP contribution >= 0.6 is 0 Å². The zero-order chi connectivity index (χ0) is 22.5. The van der Waals surface area contributed by atoms with E-state index in [1.54, 1.807) is 18.2 Å². The van der Waals surface area contributed by atoms with E-state index in [1.807, 2.05) is 0 Å². The number of ether oxygens (including phenoxy) is 2. The Hall–Kier alpha value is -3.76. The number of hydrogen-bond donors (Lipinski definition) is 2. The van der Waals surface area contributed by atoms with Gasteiger partial charge in [-0.2, -0.15) is 18.3 Å². The van der Waals surface area contributed by atoms with Crippen LogP contribution in [0, 0.1) is 5.82 Å². The van der Waals surface area contributed by atoms with Gasteiger partial charge >= 0.3 is 6.18 Å². The summed E-state index contributed by atoms with van der Waals surface area (Å²) in [4.78, 5) is 12.9. The van der Waals surface area contributed by atoms with Gasteiger partial charge in [0.15, 0.2) is 17.5 Å². The Morgan fingerprint density at radius 3 is 2.62 bits per heavy atom. The van der Waals surface area contributed by atoms with E-state index in [2.05, 4.69) is 15.7 Å². The molecule has 3 heterocycles. The number of alkyl halides is 3. The second kappa shape index (κ2) is 7.43. The summed E-state index contributed by atoms with van der Waals surface area (Å²) in [6.07, 6.45) is -3.85. The number of hydrogen-bond acceptors (Lipinski definition) is 5. The number of aromatic nitrogens is 2. The topological polar surface area (TPSA) is 77.4 Å². The van der Waals surface area contributed by atoms with Gasteiger partial charge in [0.25, 0.3) is 5.91 Å². The van der Waals surface area contributed by atoms with E-state index >= 15 is 0 Å². The first-order valence-corrected chi connectivity index (χ1v) is 9.67. The maximum atomic E-state index is 13.8. The molecule has 0 bridgehead atoms. The number of anilines is 2. The van der Waals surface area contributed by atoms with Gasteiger partial charge < -0.3 is 20.1 Å². The molecule has 0 spiro atoms. The van der Waals surface area contributed by atoms with Crippen LogP contribution in [0.5, 0.6) is 11.5 Å². The SMILES string of the molecule is O=C(Nc1ccc2c(c1)OCO2)c1cnn2c1NC(c1ccc(F)cc1)CC2C(F)(F)F. The van der Waals surface area contributed by atoms with Crippen LogP contribution in [0.2, 0.25) is 0 Å². The van der Waals surface area contributed by atoms with Crippen molar-refractivity contribution < 1.29 is 31.8 Å². The van der Waals surface area contributed by atoms with Gasteiger partial charge in [-0.15, -0.1) is 0 Å². The molecule has 3 aromatic rings. The lowest BCUT2D eigenvalue weighted by atomic mass is 9.96. The van der Waals surface area contributed by atoms with Gasteiger partial charge in [0.05, 0.1) is 12.2 Å². The van der Waals surface area contributed by atoms with E-state index in [0.717, 1.165) is 10.9 Å². The summed E-state index contributed by atoms with van der Waals surface area (Å²) in [5.41, 5.74) is 0.802. The van der Waals surface area contributed by atoms with Crippen LogP contribution in [-0.4, -0.2) is 28.7 Å². The number of amides is 1. The molecule has 1 aromatic heterocycles. The average molecular weight is 448 g/mol. The Morgan fingerprint density at radius 2 is 1.88 bits per heavy atom. The van der Waals surface area contributed by atoms with Crippen molar-refractivity contribution in [3.05, 3.63) is 65.6 Å². The highest BCUT2D eigenvalue weighted by molar-refractivity contribution is 6.07. The van der Waals surface area contributed by atoms with Crippen molar-refractivity contribution in [3.8, 4) is 11.5 Å². The van der Waals surface area contributed by atoms with Gasteiger partial charge in [0, 0.05) is 18.2 Å². The summed E-state index contributed by atoms with van der Waals surface area (Å²) in [7, 11) is 0. The first-order chi connectivity index (χ1) is 15.3. The second-order valence-electron chi connectivity index (χ2n) is 7.42. The summed E-state index contributed by atoms with van der Waals surface area (Å²) in [6.45, 7) is 0.0666. The Balaban J connectivity index is 1.46. The normalized spacial score (nSPS) is 19.2. The Labute approximate surface area is 178 Å². The van der Waals surface area contributed by atoms with Crippen molar-refractivity contribution >= 4 is 17.4 Å². The molecule has 0 fully saturated rings. The minimum absolute atomic E-state index is 0.0521. The van der Waals surface area contributed by atoms with Crippen molar-refractivity contribution in [2.75, 3.05) is 17.4 Å². The number of carbonyl (C=O) groups excluding carboxylic acids is 1. The number of benzene rings is 2. The molecule has 32 heavy (non-hydrogen) atoms. The highest BCUT2D eigenvalue weighted by Gasteiger charge is 2.47. The minimum Gasteiger partial charge on any atom is -0.454 e. The van der Waals surface area contributed by atoms with Gasteiger partial charge in [0.1, 0.15) is 17.2 Å². The van der Waals surface area contributed by atoms with E-state index in [-0.39, 0.29) is 24.6 Å².